The number of nitrogens with zero attached hydrogens (tertiary/aromatic N) is 5. The average Bonchev–Trinajstić information content (AvgIpc) is 3.37. The van der Waals surface area contributed by atoms with Crippen molar-refractivity contribution < 1.29 is 18.7 Å². The van der Waals surface area contributed by atoms with Gasteiger partial charge < -0.3 is 20.1 Å². The van der Waals surface area contributed by atoms with E-state index in [1.54, 1.807) is 10.6 Å². The molecule has 2 fully saturated rings. The number of anilines is 2. The number of rotatable bonds is 11. The second-order valence-electron chi connectivity index (χ2n) is 10.7. The molecule has 40 heavy (non-hydrogen) atoms. The third-order valence-corrected chi connectivity index (χ3v) is 7.19. The van der Waals surface area contributed by atoms with Crippen LogP contribution >= 0.6 is 0 Å². The van der Waals surface area contributed by atoms with E-state index >= 15 is 0 Å². The minimum Gasteiger partial charge on any atom is -0.381 e. The summed E-state index contributed by atoms with van der Waals surface area (Å²) in [6, 6.07) is 4.97. The quantitative estimate of drug-likeness (QED) is 0.346. The molecule has 0 saturated carbocycles. The van der Waals surface area contributed by atoms with Crippen LogP contribution in [0.1, 0.15) is 49.3 Å². The van der Waals surface area contributed by atoms with E-state index in [0.29, 0.717) is 49.3 Å². The summed E-state index contributed by atoms with van der Waals surface area (Å²) in [7, 11) is 0. The van der Waals surface area contributed by atoms with Crippen molar-refractivity contribution >= 4 is 23.3 Å². The molecule has 5 rings (SSSR count). The molecule has 0 aliphatic carbocycles. The summed E-state index contributed by atoms with van der Waals surface area (Å²) in [5.74, 6) is 0.840. The van der Waals surface area contributed by atoms with Crippen LogP contribution in [0.15, 0.2) is 36.5 Å². The summed E-state index contributed by atoms with van der Waals surface area (Å²) in [6.07, 6.45) is 7.19. The Morgan fingerprint density at radius 2 is 1.85 bits per heavy atom. The fourth-order valence-corrected chi connectivity index (χ4v) is 4.98. The number of ether oxygens (including phenoxy) is 2. The molecule has 10 nitrogen and oxygen atoms in total. The van der Waals surface area contributed by atoms with Gasteiger partial charge in [0.15, 0.2) is 11.4 Å². The van der Waals surface area contributed by atoms with E-state index in [1.165, 1.54) is 12.1 Å². The first-order chi connectivity index (χ1) is 19.4. The van der Waals surface area contributed by atoms with Crippen LogP contribution in [0, 0.1) is 5.82 Å². The third kappa shape index (κ3) is 7.41. The number of carbonyl (C=O) groups is 1. The number of ketones is 1. The number of allylic oxidation sites excluding steroid dienone is 1. The van der Waals surface area contributed by atoms with E-state index in [4.69, 9.17) is 19.4 Å². The molecule has 0 bridgehead atoms. The highest BCUT2D eigenvalue weighted by atomic mass is 19.1. The Balaban J connectivity index is 1.27. The fourth-order valence-electron chi connectivity index (χ4n) is 4.98. The number of carbonyl (C=O) groups excluding carboxylic acids is 1. The lowest BCUT2D eigenvalue weighted by atomic mass is 10.0. The average molecular weight is 552 g/mol. The Kier molecular flexibility index (Phi) is 9.35. The number of nitrogens with one attached hydrogen (secondary N) is 2. The summed E-state index contributed by atoms with van der Waals surface area (Å²) >= 11 is 0. The van der Waals surface area contributed by atoms with E-state index in [9.17, 15) is 9.18 Å². The highest BCUT2D eigenvalue weighted by Crippen LogP contribution is 2.23. The van der Waals surface area contributed by atoms with Crippen LogP contribution < -0.4 is 10.6 Å². The SMILES string of the molecule is CC(C)c1cnn2c(NCc3cc(F)cc(CC(=O)/C=C/CN4CCOCC4)c3)nc(NC3CCOCC3)nc12. The maximum absolute atomic E-state index is 14.5. The number of hydrogen-bond acceptors (Lipinski definition) is 9. The smallest absolute Gasteiger partial charge is 0.229 e. The fraction of sp³-hybridized carbons (Fsp3) is 0.517. The van der Waals surface area contributed by atoms with Crippen molar-refractivity contribution in [2.45, 2.75) is 51.6 Å². The Morgan fingerprint density at radius 3 is 2.62 bits per heavy atom. The first-order valence-corrected chi connectivity index (χ1v) is 14.1. The van der Waals surface area contributed by atoms with Crippen LogP contribution in [0.2, 0.25) is 0 Å². The van der Waals surface area contributed by atoms with Crippen molar-refractivity contribution in [1.29, 1.82) is 0 Å². The molecule has 2 aromatic heterocycles. The van der Waals surface area contributed by atoms with E-state index in [0.717, 1.165) is 50.4 Å². The molecule has 214 valence electrons. The van der Waals surface area contributed by atoms with Gasteiger partial charge in [0, 0.05) is 57.4 Å². The molecule has 11 heteroatoms. The van der Waals surface area contributed by atoms with Crippen LogP contribution in [0.4, 0.5) is 16.3 Å². The van der Waals surface area contributed by atoms with Crippen LogP contribution in [-0.2, 0) is 27.2 Å². The highest BCUT2D eigenvalue weighted by molar-refractivity contribution is 5.91. The van der Waals surface area contributed by atoms with Crippen LogP contribution in [0.25, 0.3) is 5.65 Å². The predicted molar refractivity (Wildman–Crippen MR) is 151 cm³/mol. The summed E-state index contributed by atoms with van der Waals surface area (Å²) < 4.78 is 27.0. The van der Waals surface area contributed by atoms with Crippen molar-refractivity contribution in [2.75, 3.05) is 56.7 Å². The molecule has 2 saturated heterocycles. The zero-order valence-corrected chi connectivity index (χ0v) is 23.2. The molecule has 2 aliphatic rings. The minimum atomic E-state index is -0.379. The summed E-state index contributed by atoms with van der Waals surface area (Å²) in [6.45, 7) is 9.81. The lowest BCUT2D eigenvalue weighted by Crippen LogP contribution is -2.36. The lowest BCUT2D eigenvalue weighted by molar-refractivity contribution is -0.114. The van der Waals surface area contributed by atoms with Crippen molar-refractivity contribution in [1.82, 2.24) is 24.5 Å². The number of aromatic nitrogens is 4. The molecule has 1 aromatic carbocycles. The van der Waals surface area contributed by atoms with Gasteiger partial charge in [0.25, 0.3) is 0 Å². The van der Waals surface area contributed by atoms with Crippen LogP contribution in [0.5, 0.6) is 0 Å². The molecule has 2 aliphatic heterocycles. The summed E-state index contributed by atoms with van der Waals surface area (Å²) in [4.78, 5) is 24.3. The van der Waals surface area contributed by atoms with Gasteiger partial charge in [-0.2, -0.15) is 19.6 Å². The second kappa shape index (κ2) is 13.3. The predicted octanol–water partition coefficient (Wildman–Crippen LogP) is 3.59. The topological polar surface area (TPSA) is 106 Å². The maximum Gasteiger partial charge on any atom is 0.229 e. The monoisotopic (exact) mass is 551 g/mol. The molecule has 0 spiro atoms. The first-order valence-electron chi connectivity index (χ1n) is 14.1. The van der Waals surface area contributed by atoms with Gasteiger partial charge in [-0.1, -0.05) is 26.0 Å². The largest absolute Gasteiger partial charge is 0.381 e. The number of fused-ring (bicyclic) bond motifs is 1. The first kappa shape index (κ1) is 28.1. The Bertz CT molecular complexity index is 1330. The molecule has 4 heterocycles. The van der Waals surface area contributed by atoms with Crippen LogP contribution in [-0.4, -0.2) is 82.4 Å². The van der Waals surface area contributed by atoms with Gasteiger partial charge >= 0.3 is 0 Å². The van der Waals surface area contributed by atoms with Gasteiger partial charge in [0.1, 0.15) is 5.82 Å². The summed E-state index contributed by atoms with van der Waals surface area (Å²) in [5, 5.41) is 11.3. The van der Waals surface area contributed by atoms with Crippen molar-refractivity contribution in [3.8, 4) is 0 Å². The molecule has 3 aromatic rings. The van der Waals surface area contributed by atoms with Gasteiger partial charge in [-0.3, -0.25) is 9.69 Å². The summed E-state index contributed by atoms with van der Waals surface area (Å²) in [5.41, 5.74) is 3.10. The Morgan fingerprint density at radius 1 is 1.10 bits per heavy atom. The number of hydrogen-bond donors (Lipinski definition) is 2. The maximum atomic E-state index is 14.5. The number of benzene rings is 1. The van der Waals surface area contributed by atoms with E-state index in [-0.39, 0.29) is 30.0 Å². The van der Waals surface area contributed by atoms with E-state index in [1.807, 2.05) is 18.3 Å². The number of morpholine rings is 1. The highest BCUT2D eigenvalue weighted by Gasteiger charge is 2.19. The zero-order valence-electron chi connectivity index (χ0n) is 23.2. The standard InChI is InChI=1S/C29H38FN7O3/c1-20(2)26-19-32-37-27(26)34-28(33-24-5-10-39-11-6-24)35-29(37)31-18-22-14-21(15-23(30)16-22)17-25(38)4-3-7-36-8-12-40-13-9-36/h3-4,14-16,19-20,24H,5-13,17-18H2,1-2H3,(H2,31,33,34,35)/b4-3+. The van der Waals surface area contributed by atoms with Gasteiger partial charge in [0.05, 0.1) is 19.4 Å². The zero-order chi connectivity index (χ0) is 27.9. The van der Waals surface area contributed by atoms with E-state index in [2.05, 4.69) is 34.5 Å². The van der Waals surface area contributed by atoms with Gasteiger partial charge in [-0.25, -0.2) is 4.39 Å². The third-order valence-electron chi connectivity index (χ3n) is 7.19. The molecule has 0 unspecified atom stereocenters. The Hall–Kier alpha value is -3.41. The normalized spacial score (nSPS) is 17.2. The molecule has 0 radical (unpaired) electrons. The van der Waals surface area contributed by atoms with Gasteiger partial charge in [-0.05, 0) is 48.1 Å². The minimum absolute atomic E-state index is 0.0585. The Labute approximate surface area is 234 Å². The van der Waals surface area contributed by atoms with E-state index < -0.39 is 0 Å². The lowest BCUT2D eigenvalue weighted by Gasteiger charge is -2.25. The number of halogens is 1. The van der Waals surface area contributed by atoms with Crippen molar-refractivity contribution in [3.05, 3.63) is 59.1 Å². The molecule has 2 N–H and O–H groups in total. The van der Waals surface area contributed by atoms with Crippen molar-refractivity contribution in [3.63, 3.8) is 0 Å². The molecular weight excluding hydrogens is 513 g/mol. The van der Waals surface area contributed by atoms with Crippen molar-refractivity contribution in [2.24, 2.45) is 0 Å². The molecular formula is C29H38FN7O3. The molecule has 0 atom stereocenters. The van der Waals surface area contributed by atoms with Gasteiger partial charge in [-0.15, -0.1) is 0 Å². The molecule has 0 amide bonds. The second-order valence-corrected chi connectivity index (χ2v) is 10.7. The van der Waals surface area contributed by atoms with Crippen LogP contribution in [0.3, 0.4) is 0 Å². The van der Waals surface area contributed by atoms with Gasteiger partial charge in [0.2, 0.25) is 11.9 Å².